The maximum absolute atomic E-state index is 9.50. The van der Waals surface area contributed by atoms with Crippen LogP contribution in [0.3, 0.4) is 0 Å². The highest BCUT2D eigenvalue weighted by molar-refractivity contribution is 5.51. The van der Waals surface area contributed by atoms with Crippen molar-refractivity contribution in [2.24, 2.45) is 5.92 Å². The highest BCUT2D eigenvalue weighted by Crippen LogP contribution is 2.28. The Morgan fingerprint density at radius 3 is 1.94 bits per heavy atom. The van der Waals surface area contributed by atoms with Gasteiger partial charge in [-0.1, -0.05) is 63.2 Å². The lowest BCUT2D eigenvalue weighted by molar-refractivity contribution is -0.110. The number of carbonyl (C=O) groups excluding carboxylic acids is 1. The van der Waals surface area contributed by atoms with Gasteiger partial charge in [-0.3, -0.25) is 0 Å². The van der Waals surface area contributed by atoms with Crippen molar-refractivity contribution in [3.05, 3.63) is 65.7 Å². The van der Waals surface area contributed by atoms with Crippen LogP contribution in [0.25, 0.3) is 0 Å². The smallest absolute Gasteiger partial charge is 0.122 e. The van der Waals surface area contributed by atoms with Crippen LogP contribution in [0, 0.1) is 5.92 Å². The number of hydrogen-bond acceptors (Lipinski definition) is 4. The van der Waals surface area contributed by atoms with Crippen LogP contribution in [0.1, 0.15) is 38.3 Å². The largest absolute Gasteiger partial charge is 0.378 e. The molecular formula is C27H40N2O2. The van der Waals surface area contributed by atoms with E-state index in [1.54, 1.807) is 0 Å². The van der Waals surface area contributed by atoms with Crippen molar-refractivity contribution < 1.29 is 9.53 Å². The van der Waals surface area contributed by atoms with Gasteiger partial charge in [0.15, 0.2) is 0 Å². The number of likely N-dealkylation sites (N-methyl/N-ethyl adjacent to an activating group) is 1. The number of nitrogens with zero attached hydrogens (tertiary/aromatic N) is 2. The molecule has 2 aromatic carbocycles. The molecule has 1 aliphatic rings. The second kappa shape index (κ2) is 12.6. The van der Waals surface area contributed by atoms with Gasteiger partial charge in [-0.2, -0.15) is 0 Å². The van der Waals surface area contributed by atoms with Crippen molar-refractivity contribution in [2.45, 2.75) is 45.6 Å². The van der Waals surface area contributed by atoms with Crippen LogP contribution in [0.15, 0.2) is 54.6 Å². The second-order valence-electron chi connectivity index (χ2n) is 8.96. The molecule has 0 N–H and O–H groups in total. The van der Waals surface area contributed by atoms with E-state index in [9.17, 15) is 4.79 Å². The van der Waals surface area contributed by atoms with E-state index in [1.807, 2.05) is 13.8 Å². The van der Waals surface area contributed by atoms with Crippen molar-refractivity contribution in [3.63, 3.8) is 0 Å². The predicted molar refractivity (Wildman–Crippen MR) is 131 cm³/mol. The summed E-state index contributed by atoms with van der Waals surface area (Å²) in [5.74, 6) is 0.204. The standard InChI is InChI=1S/C23H32N2O.C4H8O/c1-4-23(24(2)3,18-20-8-6-5-7-9-20)19-21-10-12-22(13-11-21)25-14-16-26-17-15-25;1-4(2)3-5/h5-13H,4,14-19H2,1-3H3;3-4H,1-2H3. The quantitative estimate of drug-likeness (QED) is 0.567. The molecular weight excluding hydrogens is 384 g/mol. The number of carbonyl (C=O) groups is 1. The first-order valence-corrected chi connectivity index (χ1v) is 11.5. The fourth-order valence-electron chi connectivity index (χ4n) is 3.95. The van der Waals surface area contributed by atoms with E-state index < -0.39 is 0 Å². The Balaban J connectivity index is 0.000000614. The molecule has 0 amide bonds. The van der Waals surface area contributed by atoms with Crippen LogP contribution < -0.4 is 4.90 Å². The van der Waals surface area contributed by atoms with Crippen molar-refractivity contribution in [3.8, 4) is 0 Å². The summed E-state index contributed by atoms with van der Waals surface area (Å²) in [5, 5.41) is 0. The molecule has 1 aliphatic heterocycles. The molecule has 0 spiro atoms. The van der Waals surface area contributed by atoms with E-state index >= 15 is 0 Å². The Kier molecular flexibility index (Phi) is 10.2. The first-order valence-electron chi connectivity index (χ1n) is 11.5. The molecule has 1 unspecified atom stereocenters. The highest BCUT2D eigenvalue weighted by Gasteiger charge is 2.31. The molecule has 0 aliphatic carbocycles. The molecule has 1 fully saturated rings. The number of hydrogen-bond donors (Lipinski definition) is 0. The van der Waals surface area contributed by atoms with Gasteiger partial charge < -0.3 is 19.3 Å². The third-order valence-electron chi connectivity index (χ3n) is 6.10. The molecule has 1 atom stereocenters. The summed E-state index contributed by atoms with van der Waals surface area (Å²) in [6.45, 7) is 9.66. The zero-order chi connectivity index (χ0) is 22.7. The molecule has 0 bridgehead atoms. The summed E-state index contributed by atoms with van der Waals surface area (Å²) in [7, 11) is 4.43. The Morgan fingerprint density at radius 2 is 1.48 bits per heavy atom. The first-order chi connectivity index (χ1) is 14.9. The third-order valence-corrected chi connectivity index (χ3v) is 6.10. The molecule has 0 saturated carbocycles. The number of benzene rings is 2. The number of ether oxygens (including phenoxy) is 1. The van der Waals surface area contributed by atoms with Gasteiger partial charge in [0.25, 0.3) is 0 Å². The van der Waals surface area contributed by atoms with E-state index in [1.165, 1.54) is 16.8 Å². The molecule has 4 nitrogen and oxygen atoms in total. The number of anilines is 1. The van der Waals surface area contributed by atoms with Gasteiger partial charge in [0.2, 0.25) is 0 Å². The SMILES string of the molecule is CC(C)C=O.CCC(Cc1ccccc1)(Cc1ccc(N2CCOCC2)cc1)N(C)C. The molecule has 0 aromatic heterocycles. The monoisotopic (exact) mass is 424 g/mol. The number of rotatable bonds is 8. The van der Waals surface area contributed by atoms with Gasteiger partial charge in [0.05, 0.1) is 13.2 Å². The molecule has 2 aromatic rings. The summed E-state index contributed by atoms with van der Waals surface area (Å²) in [5.41, 5.74) is 4.27. The van der Waals surface area contributed by atoms with Crippen LogP contribution in [0.5, 0.6) is 0 Å². The van der Waals surface area contributed by atoms with Crippen LogP contribution in [-0.4, -0.2) is 57.1 Å². The molecule has 1 heterocycles. The topological polar surface area (TPSA) is 32.8 Å². The molecule has 0 radical (unpaired) electrons. The van der Waals surface area contributed by atoms with Crippen LogP contribution in [0.4, 0.5) is 5.69 Å². The lowest BCUT2D eigenvalue weighted by Gasteiger charge is -2.40. The summed E-state index contributed by atoms with van der Waals surface area (Å²) in [6, 6.07) is 20.0. The van der Waals surface area contributed by atoms with Crippen molar-refractivity contribution in [2.75, 3.05) is 45.3 Å². The lowest BCUT2D eigenvalue weighted by atomic mass is 9.81. The predicted octanol–water partition coefficient (Wildman–Crippen LogP) is 4.86. The Bertz CT molecular complexity index is 753. The van der Waals surface area contributed by atoms with Gasteiger partial charge in [-0.25, -0.2) is 0 Å². The lowest BCUT2D eigenvalue weighted by Crippen LogP contribution is -2.47. The number of morpholine rings is 1. The van der Waals surface area contributed by atoms with Gasteiger partial charge in [0, 0.05) is 30.2 Å². The maximum Gasteiger partial charge on any atom is 0.122 e. The average molecular weight is 425 g/mol. The zero-order valence-corrected chi connectivity index (χ0v) is 20.0. The van der Waals surface area contributed by atoms with E-state index in [-0.39, 0.29) is 11.5 Å². The van der Waals surface area contributed by atoms with E-state index in [0.29, 0.717) is 0 Å². The molecule has 3 rings (SSSR count). The first kappa shape index (κ1) is 25.1. The summed E-state index contributed by atoms with van der Waals surface area (Å²) < 4.78 is 5.46. The summed E-state index contributed by atoms with van der Waals surface area (Å²) in [4.78, 5) is 14.3. The minimum absolute atomic E-state index is 0.141. The normalized spacial score (nSPS) is 15.9. The van der Waals surface area contributed by atoms with Crippen LogP contribution in [-0.2, 0) is 22.4 Å². The fourth-order valence-corrected chi connectivity index (χ4v) is 3.95. The van der Waals surface area contributed by atoms with Gasteiger partial charge in [-0.15, -0.1) is 0 Å². The van der Waals surface area contributed by atoms with Crippen molar-refractivity contribution >= 4 is 12.0 Å². The Morgan fingerprint density at radius 1 is 0.968 bits per heavy atom. The summed E-state index contributed by atoms with van der Waals surface area (Å²) in [6.07, 6.45) is 4.18. The van der Waals surface area contributed by atoms with E-state index in [0.717, 1.165) is 51.9 Å². The zero-order valence-electron chi connectivity index (χ0n) is 20.0. The van der Waals surface area contributed by atoms with Crippen molar-refractivity contribution in [1.82, 2.24) is 4.90 Å². The minimum atomic E-state index is 0.141. The molecule has 31 heavy (non-hydrogen) atoms. The molecule has 4 heteroatoms. The maximum atomic E-state index is 9.50. The van der Waals surface area contributed by atoms with Crippen LogP contribution in [0.2, 0.25) is 0 Å². The Hall–Kier alpha value is -2.17. The fraction of sp³-hybridized carbons (Fsp3) is 0.519. The van der Waals surface area contributed by atoms with Crippen molar-refractivity contribution in [1.29, 1.82) is 0 Å². The molecule has 1 saturated heterocycles. The Labute approximate surface area is 189 Å². The van der Waals surface area contributed by atoms with Gasteiger partial charge in [0.1, 0.15) is 6.29 Å². The molecule has 170 valence electrons. The van der Waals surface area contributed by atoms with Gasteiger partial charge in [-0.05, 0) is 56.6 Å². The minimum Gasteiger partial charge on any atom is -0.378 e. The third kappa shape index (κ3) is 7.79. The second-order valence-corrected chi connectivity index (χ2v) is 8.96. The van der Waals surface area contributed by atoms with E-state index in [4.69, 9.17) is 4.74 Å². The summed E-state index contributed by atoms with van der Waals surface area (Å²) >= 11 is 0. The van der Waals surface area contributed by atoms with Gasteiger partial charge >= 0.3 is 0 Å². The highest BCUT2D eigenvalue weighted by atomic mass is 16.5. The number of aldehydes is 1. The van der Waals surface area contributed by atoms with Crippen LogP contribution >= 0.6 is 0 Å². The average Bonchev–Trinajstić information content (AvgIpc) is 2.80. The van der Waals surface area contributed by atoms with E-state index in [2.05, 4.69) is 85.4 Å².